The normalized spacial score (nSPS) is 11.3. The molecule has 144 valence electrons. The molecule has 0 fully saturated rings. The first-order valence-electron chi connectivity index (χ1n) is 9.31. The van der Waals surface area contributed by atoms with Crippen molar-refractivity contribution in [2.75, 3.05) is 5.32 Å². The highest BCUT2D eigenvalue weighted by Crippen LogP contribution is 2.32. The summed E-state index contributed by atoms with van der Waals surface area (Å²) in [5.41, 5.74) is 4.28. The number of aromatic nitrogens is 1. The standard InChI is InChI=1S/C23H23BrN2OS/c1-4-20-22(18-10-12-19(24)13-11-18)26-23(28-20)25-21(27)14-7-16-5-8-17(9-6-16)15(2)3/h5-15H,4H2,1-3H3,(H,25,26,27)/b14-7+. The second-order valence-electron chi connectivity index (χ2n) is 6.80. The molecule has 0 aliphatic heterocycles. The van der Waals surface area contributed by atoms with Crippen LogP contribution in [-0.2, 0) is 11.2 Å². The van der Waals surface area contributed by atoms with Crippen molar-refractivity contribution in [2.45, 2.75) is 33.1 Å². The molecule has 1 heterocycles. The van der Waals surface area contributed by atoms with E-state index < -0.39 is 0 Å². The number of carbonyl (C=O) groups excluding carboxylic acids is 1. The number of hydrogen-bond acceptors (Lipinski definition) is 3. The van der Waals surface area contributed by atoms with Crippen LogP contribution in [0.1, 0.15) is 42.7 Å². The SMILES string of the molecule is CCc1sc(NC(=O)/C=C/c2ccc(C(C)C)cc2)nc1-c1ccc(Br)cc1. The molecule has 0 unspecified atom stereocenters. The monoisotopic (exact) mass is 454 g/mol. The summed E-state index contributed by atoms with van der Waals surface area (Å²) in [5.74, 6) is 0.325. The Balaban J connectivity index is 1.71. The van der Waals surface area contributed by atoms with Crippen molar-refractivity contribution in [3.8, 4) is 11.3 Å². The zero-order valence-corrected chi connectivity index (χ0v) is 18.6. The number of amides is 1. The zero-order valence-electron chi connectivity index (χ0n) is 16.2. The van der Waals surface area contributed by atoms with Gasteiger partial charge in [0.15, 0.2) is 5.13 Å². The highest BCUT2D eigenvalue weighted by atomic mass is 79.9. The predicted octanol–water partition coefficient (Wildman–Crippen LogP) is 6.91. The summed E-state index contributed by atoms with van der Waals surface area (Å²) < 4.78 is 1.03. The van der Waals surface area contributed by atoms with Crippen LogP contribution in [0.25, 0.3) is 17.3 Å². The van der Waals surface area contributed by atoms with Gasteiger partial charge in [-0.3, -0.25) is 10.1 Å². The van der Waals surface area contributed by atoms with E-state index in [2.05, 4.69) is 59.1 Å². The first-order chi connectivity index (χ1) is 13.5. The van der Waals surface area contributed by atoms with E-state index in [1.807, 2.05) is 42.5 Å². The summed E-state index contributed by atoms with van der Waals surface area (Å²) >= 11 is 4.98. The van der Waals surface area contributed by atoms with Crippen molar-refractivity contribution in [2.24, 2.45) is 0 Å². The van der Waals surface area contributed by atoms with Gasteiger partial charge in [-0.15, -0.1) is 11.3 Å². The second-order valence-corrected chi connectivity index (χ2v) is 8.79. The van der Waals surface area contributed by atoms with Crippen LogP contribution in [0.5, 0.6) is 0 Å². The van der Waals surface area contributed by atoms with E-state index in [9.17, 15) is 4.79 Å². The van der Waals surface area contributed by atoms with E-state index in [1.165, 1.54) is 16.9 Å². The molecule has 0 radical (unpaired) electrons. The third-order valence-electron chi connectivity index (χ3n) is 4.40. The molecule has 28 heavy (non-hydrogen) atoms. The summed E-state index contributed by atoms with van der Waals surface area (Å²) in [5, 5.41) is 3.52. The van der Waals surface area contributed by atoms with Crippen LogP contribution >= 0.6 is 27.3 Å². The van der Waals surface area contributed by atoms with Gasteiger partial charge in [-0.05, 0) is 41.7 Å². The molecule has 0 spiro atoms. The smallest absolute Gasteiger partial charge is 0.250 e. The second kappa shape index (κ2) is 9.30. The fourth-order valence-corrected chi connectivity index (χ4v) is 3.98. The number of nitrogens with one attached hydrogen (secondary N) is 1. The van der Waals surface area contributed by atoms with E-state index in [4.69, 9.17) is 0 Å². The Morgan fingerprint density at radius 3 is 2.43 bits per heavy atom. The van der Waals surface area contributed by atoms with Gasteiger partial charge in [-0.1, -0.05) is 73.1 Å². The molecule has 3 aromatic rings. The highest BCUT2D eigenvalue weighted by molar-refractivity contribution is 9.10. The lowest BCUT2D eigenvalue weighted by Gasteiger charge is -2.04. The van der Waals surface area contributed by atoms with Crippen molar-refractivity contribution < 1.29 is 4.79 Å². The number of rotatable bonds is 6. The van der Waals surface area contributed by atoms with Gasteiger partial charge in [0, 0.05) is 21.0 Å². The molecule has 1 aromatic heterocycles. The van der Waals surface area contributed by atoms with Crippen LogP contribution in [0.2, 0.25) is 0 Å². The quantitative estimate of drug-likeness (QED) is 0.411. The minimum Gasteiger partial charge on any atom is -0.298 e. The first kappa shape index (κ1) is 20.5. The molecule has 3 nitrogen and oxygen atoms in total. The van der Waals surface area contributed by atoms with E-state index >= 15 is 0 Å². The molecule has 0 saturated carbocycles. The molecule has 0 aliphatic rings. The van der Waals surface area contributed by atoms with E-state index in [-0.39, 0.29) is 5.91 Å². The summed E-state index contributed by atoms with van der Waals surface area (Å²) in [4.78, 5) is 18.1. The first-order valence-corrected chi connectivity index (χ1v) is 10.9. The summed E-state index contributed by atoms with van der Waals surface area (Å²) in [7, 11) is 0. The molecule has 0 saturated heterocycles. The van der Waals surface area contributed by atoms with Crippen LogP contribution in [0, 0.1) is 0 Å². The third kappa shape index (κ3) is 5.18. The Kier molecular flexibility index (Phi) is 6.81. The summed E-state index contributed by atoms with van der Waals surface area (Å²) in [6.07, 6.45) is 4.25. The van der Waals surface area contributed by atoms with Gasteiger partial charge in [0.2, 0.25) is 5.91 Å². The number of thiazole rings is 1. The van der Waals surface area contributed by atoms with Crippen LogP contribution in [0.3, 0.4) is 0 Å². The molecule has 5 heteroatoms. The molecule has 2 aromatic carbocycles. The van der Waals surface area contributed by atoms with Gasteiger partial charge in [-0.2, -0.15) is 0 Å². The number of halogens is 1. The third-order valence-corrected chi connectivity index (χ3v) is 6.04. The van der Waals surface area contributed by atoms with E-state index in [1.54, 1.807) is 6.08 Å². The van der Waals surface area contributed by atoms with Gasteiger partial charge < -0.3 is 0 Å². The van der Waals surface area contributed by atoms with Crippen LogP contribution < -0.4 is 5.32 Å². The highest BCUT2D eigenvalue weighted by Gasteiger charge is 2.13. The lowest BCUT2D eigenvalue weighted by molar-refractivity contribution is -0.111. The number of carbonyl (C=O) groups is 1. The predicted molar refractivity (Wildman–Crippen MR) is 123 cm³/mol. The van der Waals surface area contributed by atoms with Crippen molar-refractivity contribution >= 4 is 44.4 Å². The molecular weight excluding hydrogens is 432 g/mol. The van der Waals surface area contributed by atoms with E-state index in [0.29, 0.717) is 11.0 Å². The van der Waals surface area contributed by atoms with Gasteiger partial charge >= 0.3 is 0 Å². The maximum atomic E-state index is 12.3. The molecule has 0 atom stereocenters. The van der Waals surface area contributed by atoms with Crippen molar-refractivity contribution in [1.29, 1.82) is 0 Å². The minimum atomic E-state index is -0.174. The largest absolute Gasteiger partial charge is 0.298 e. The maximum Gasteiger partial charge on any atom is 0.250 e. The molecule has 0 aliphatic carbocycles. The topological polar surface area (TPSA) is 42.0 Å². The molecule has 1 N–H and O–H groups in total. The number of hydrogen-bond donors (Lipinski definition) is 1. The Labute approximate surface area is 178 Å². The zero-order chi connectivity index (χ0) is 20.1. The summed E-state index contributed by atoms with van der Waals surface area (Å²) in [6.45, 7) is 6.43. The van der Waals surface area contributed by atoms with Gasteiger partial charge in [0.05, 0.1) is 5.69 Å². The fraction of sp³-hybridized carbons (Fsp3) is 0.217. The Morgan fingerprint density at radius 2 is 1.82 bits per heavy atom. The minimum absolute atomic E-state index is 0.174. The van der Waals surface area contributed by atoms with Gasteiger partial charge in [-0.25, -0.2) is 4.98 Å². The van der Waals surface area contributed by atoms with Gasteiger partial charge in [0.25, 0.3) is 0 Å². The lowest BCUT2D eigenvalue weighted by atomic mass is 10.0. The van der Waals surface area contributed by atoms with E-state index in [0.717, 1.165) is 32.6 Å². The molecule has 0 bridgehead atoms. The molecule has 1 amide bonds. The molecular formula is C23H23BrN2OS. The number of nitrogens with zero attached hydrogens (tertiary/aromatic N) is 1. The van der Waals surface area contributed by atoms with Crippen molar-refractivity contribution in [1.82, 2.24) is 4.98 Å². The number of aryl methyl sites for hydroxylation is 1. The van der Waals surface area contributed by atoms with Crippen LogP contribution in [0.15, 0.2) is 59.1 Å². The Bertz CT molecular complexity index is 973. The average Bonchev–Trinajstić information content (AvgIpc) is 3.10. The van der Waals surface area contributed by atoms with Crippen LogP contribution in [-0.4, -0.2) is 10.9 Å². The number of benzene rings is 2. The van der Waals surface area contributed by atoms with Gasteiger partial charge in [0.1, 0.15) is 0 Å². The van der Waals surface area contributed by atoms with Crippen molar-refractivity contribution in [3.05, 3.63) is 75.1 Å². The van der Waals surface area contributed by atoms with Crippen LogP contribution in [0.4, 0.5) is 5.13 Å². The Hall–Kier alpha value is -2.24. The Morgan fingerprint density at radius 1 is 1.14 bits per heavy atom. The molecule has 3 rings (SSSR count). The fourth-order valence-electron chi connectivity index (χ4n) is 2.79. The lowest BCUT2D eigenvalue weighted by Crippen LogP contribution is -2.07. The summed E-state index contributed by atoms with van der Waals surface area (Å²) in [6, 6.07) is 16.3. The van der Waals surface area contributed by atoms with Crippen molar-refractivity contribution in [3.63, 3.8) is 0 Å². The average molecular weight is 455 g/mol. The maximum absolute atomic E-state index is 12.3. The number of anilines is 1.